The van der Waals surface area contributed by atoms with Gasteiger partial charge in [-0.1, -0.05) is 12.1 Å². The molecule has 1 aromatic carbocycles. The highest BCUT2D eigenvalue weighted by Crippen LogP contribution is 2.29. The van der Waals surface area contributed by atoms with Crippen molar-refractivity contribution in [1.29, 1.82) is 0 Å². The molecule has 2 aliphatic heterocycles. The summed E-state index contributed by atoms with van der Waals surface area (Å²) >= 11 is 0. The van der Waals surface area contributed by atoms with Crippen molar-refractivity contribution in [3.63, 3.8) is 0 Å². The lowest BCUT2D eigenvalue weighted by Gasteiger charge is -2.36. The highest BCUT2D eigenvalue weighted by Gasteiger charge is 2.37. The van der Waals surface area contributed by atoms with Crippen LogP contribution in [-0.2, 0) is 15.9 Å². The van der Waals surface area contributed by atoms with Gasteiger partial charge in [0.1, 0.15) is 0 Å². The van der Waals surface area contributed by atoms with Gasteiger partial charge in [0.25, 0.3) is 5.92 Å². The zero-order chi connectivity index (χ0) is 18.9. The molecule has 9 heteroatoms. The number of urea groups is 1. The fourth-order valence-electron chi connectivity index (χ4n) is 3.52. The van der Waals surface area contributed by atoms with Crippen molar-refractivity contribution in [2.24, 2.45) is 0 Å². The molecule has 0 bridgehead atoms. The molecular formula is C17H23F2N3O3S. The number of hydrogen-bond donors (Lipinski definition) is 1. The molecule has 1 unspecified atom stereocenters. The van der Waals surface area contributed by atoms with Crippen molar-refractivity contribution >= 4 is 21.7 Å². The van der Waals surface area contributed by atoms with Gasteiger partial charge in [0.05, 0.1) is 5.75 Å². The van der Waals surface area contributed by atoms with Crippen LogP contribution in [0, 0.1) is 0 Å². The van der Waals surface area contributed by atoms with Crippen LogP contribution in [0.4, 0.5) is 19.3 Å². The van der Waals surface area contributed by atoms with Gasteiger partial charge >= 0.3 is 6.03 Å². The number of rotatable bonds is 3. The molecule has 144 valence electrons. The van der Waals surface area contributed by atoms with Gasteiger partial charge in [0.15, 0.2) is 0 Å². The number of alkyl halides is 2. The van der Waals surface area contributed by atoms with Crippen molar-refractivity contribution < 1.29 is 22.0 Å². The molecule has 2 amide bonds. The standard InChI is InChI=1S/C17H23F2N3O3S/c1-17(18,19)13-5-2-6-14(11-13)20-16(23)21-8-3-7-15(12-21)22-9-4-10-26(22,24)25/h2,5-6,11,15H,3-4,7-10,12H2,1H3,(H,20,23). The first-order valence-corrected chi connectivity index (χ1v) is 10.3. The predicted octanol–water partition coefficient (Wildman–Crippen LogP) is 2.83. The monoisotopic (exact) mass is 387 g/mol. The van der Waals surface area contributed by atoms with Crippen LogP contribution in [0.2, 0.25) is 0 Å². The van der Waals surface area contributed by atoms with Crippen molar-refractivity contribution in [2.45, 2.75) is 38.2 Å². The summed E-state index contributed by atoms with van der Waals surface area (Å²) in [6.45, 7) is 2.13. The number of hydrogen-bond acceptors (Lipinski definition) is 3. The predicted molar refractivity (Wildman–Crippen MR) is 94.7 cm³/mol. The Morgan fingerprint density at radius 1 is 1.27 bits per heavy atom. The number of sulfonamides is 1. The third-order valence-corrected chi connectivity index (χ3v) is 6.85. The Bertz CT molecular complexity index is 780. The molecule has 3 rings (SSSR count). The zero-order valence-corrected chi connectivity index (χ0v) is 15.4. The van der Waals surface area contributed by atoms with E-state index >= 15 is 0 Å². The number of carbonyl (C=O) groups is 1. The van der Waals surface area contributed by atoms with E-state index in [1.165, 1.54) is 22.5 Å². The van der Waals surface area contributed by atoms with Gasteiger partial charge in [-0.25, -0.2) is 22.0 Å². The number of halogens is 2. The first kappa shape index (κ1) is 19.0. The molecule has 1 N–H and O–H groups in total. The minimum atomic E-state index is -3.23. The lowest BCUT2D eigenvalue weighted by atomic mass is 10.1. The van der Waals surface area contributed by atoms with Crippen LogP contribution in [0.25, 0.3) is 0 Å². The average Bonchev–Trinajstić information content (AvgIpc) is 2.94. The van der Waals surface area contributed by atoms with Crippen LogP contribution in [0.1, 0.15) is 31.7 Å². The van der Waals surface area contributed by atoms with E-state index in [-0.39, 0.29) is 17.4 Å². The zero-order valence-electron chi connectivity index (χ0n) is 14.6. The SMILES string of the molecule is CC(F)(F)c1cccc(NC(=O)N2CCCC(N3CCCS3(=O)=O)C2)c1. The second kappa shape index (κ2) is 7.11. The molecule has 2 aliphatic rings. The minimum Gasteiger partial charge on any atom is -0.323 e. The van der Waals surface area contributed by atoms with Crippen LogP contribution in [0.5, 0.6) is 0 Å². The topological polar surface area (TPSA) is 69.7 Å². The van der Waals surface area contributed by atoms with Crippen LogP contribution in [-0.4, -0.2) is 55.1 Å². The second-order valence-electron chi connectivity index (χ2n) is 6.92. The van der Waals surface area contributed by atoms with E-state index in [2.05, 4.69) is 5.32 Å². The Kier molecular flexibility index (Phi) is 5.21. The molecule has 0 aliphatic carbocycles. The smallest absolute Gasteiger partial charge is 0.321 e. The summed E-state index contributed by atoms with van der Waals surface area (Å²) in [5, 5.41) is 2.64. The molecular weight excluding hydrogens is 364 g/mol. The molecule has 1 atom stereocenters. The van der Waals surface area contributed by atoms with E-state index in [0.717, 1.165) is 13.3 Å². The van der Waals surface area contributed by atoms with Gasteiger partial charge in [-0.3, -0.25) is 0 Å². The summed E-state index contributed by atoms with van der Waals surface area (Å²) in [7, 11) is -3.23. The number of nitrogens with one attached hydrogen (secondary N) is 1. The highest BCUT2D eigenvalue weighted by molar-refractivity contribution is 7.89. The van der Waals surface area contributed by atoms with Crippen molar-refractivity contribution in [2.75, 3.05) is 30.7 Å². The van der Waals surface area contributed by atoms with Crippen molar-refractivity contribution in [1.82, 2.24) is 9.21 Å². The number of carbonyl (C=O) groups excluding carboxylic acids is 1. The Balaban J connectivity index is 1.67. The average molecular weight is 387 g/mol. The molecule has 0 aromatic heterocycles. The molecule has 2 fully saturated rings. The first-order chi connectivity index (χ1) is 12.2. The molecule has 0 spiro atoms. The summed E-state index contributed by atoms with van der Waals surface area (Å²) in [6, 6.07) is 4.98. The van der Waals surface area contributed by atoms with Crippen LogP contribution in [0.3, 0.4) is 0 Å². The summed E-state index contributed by atoms with van der Waals surface area (Å²) in [4.78, 5) is 14.1. The van der Waals surface area contributed by atoms with Gasteiger partial charge in [-0.2, -0.15) is 4.31 Å². The molecule has 2 heterocycles. The fourth-order valence-corrected chi connectivity index (χ4v) is 5.28. The third-order valence-electron chi connectivity index (χ3n) is 4.85. The molecule has 0 radical (unpaired) electrons. The summed E-state index contributed by atoms with van der Waals surface area (Å²) in [6.07, 6.45) is 2.04. The van der Waals surface area contributed by atoms with E-state index in [1.807, 2.05) is 0 Å². The van der Waals surface area contributed by atoms with E-state index in [9.17, 15) is 22.0 Å². The number of piperidine rings is 1. The Labute approximate surface area is 152 Å². The Morgan fingerprint density at radius 2 is 2.04 bits per heavy atom. The third kappa shape index (κ3) is 4.15. The summed E-state index contributed by atoms with van der Waals surface area (Å²) in [5.74, 6) is -2.82. The second-order valence-corrected chi connectivity index (χ2v) is 8.96. The normalized spacial score (nSPS) is 23.8. The van der Waals surface area contributed by atoms with Gasteiger partial charge in [0, 0.05) is 43.9 Å². The molecule has 0 saturated carbocycles. The molecule has 2 saturated heterocycles. The number of benzene rings is 1. The fraction of sp³-hybridized carbons (Fsp3) is 0.588. The van der Waals surface area contributed by atoms with Gasteiger partial charge in [-0.15, -0.1) is 0 Å². The van der Waals surface area contributed by atoms with Gasteiger partial charge < -0.3 is 10.2 Å². The lowest BCUT2D eigenvalue weighted by Crippen LogP contribution is -2.51. The van der Waals surface area contributed by atoms with Crippen LogP contribution in [0.15, 0.2) is 24.3 Å². The Morgan fingerprint density at radius 3 is 2.69 bits per heavy atom. The molecule has 1 aromatic rings. The number of anilines is 1. The number of likely N-dealkylation sites (tertiary alicyclic amines) is 1. The van der Waals surface area contributed by atoms with Crippen LogP contribution < -0.4 is 5.32 Å². The van der Waals surface area contributed by atoms with E-state index in [0.29, 0.717) is 38.2 Å². The van der Waals surface area contributed by atoms with E-state index in [4.69, 9.17) is 0 Å². The van der Waals surface area contributed by atoms with Crippen molar-refractivity contribution in [3.05, 3.63) is 29.8 Å². The van der Waals surface area contributed by atoms with E-state index < -0.39 is 22.0 Å². The quantitative estimate of drug-likeness (QED) is 0.867. The maximum absolute atomic E-state index is 13.4. The van der Waals surface area contributed by atoms with Gasteiger partial charge in [0.2, 0.25) is 10.0 Å². The van der Waals surface area contributed by atoms with Gasteiger partial charge in [-0.05, 0) is 31.4 Å². The maximum Gasteiger partial charge on any atom is 0.321 e. The Hall–Kier alpha value is -1.74. The largest absolute Gasteiger partial charge is 0.323 e. The van der Waals surface area contributed by atoms with Crippen molar-refractivity contribution in [3.8, 4) is 0 Å². The van der Waals surface area contributed by atoms with Crippen LogP contribution >= 0.6 is 0 Å². The highest BCUT2D eigenvalue weighted by atomic mass is 32.2. The first-order valence-electron chi connectivity index (χ1n) is 8.71. The maximum atomic E-state index is 13.4. The summed E-state index contributed by atoms with van der Waals surface area (Å²) in [5.41, 5.74) is 0.125. The van der Waals surface area contributed by atoms with E-state index in [1.54, 1.807) is 11.0 Å². The number of nitrogens with zero attached hydrogens (tertiary/aromatic N) is 2. The number of amides is 2. The summed E-state index contributed by atoms with van der Waals surface area (Å²) < 4.78 is 52.6. The lowest BCUT2D eigenvalue weighted by molar-refractivity contribution is 0.0175. The molecule has 26 heavy (non-hydrogen) atoms. The molecule has 6 nitrogen and oxygen atoms in total. The minimum absolute atomic E-state index is 0.160.